The number of anilines is 1. The number of para-hydroxylation sites is 1. The van der Waals surface area contributed by atoms with Crippen LogP contribution < -0.4 is 5.73 Å². The Morgan fingerprint density at radius 2 is 1.95 bits per heavy atom. The van der Waals surface area contributed by atoms with E-state index in [1.807, 2.05) is 17.7 Å². The van der Waals surface area contributed by atoms with E-state index in [0.29, 0.717) is 22.7 Å². The van der Waals surface area contributed by atoms with Gasteiger partial charge in [-0.15, -0.1) is 0 Å². The Bertz CT molecular complexity index is 928. The number of fused-ring (bicyclic) bond motifs is 1. The minimum atomic E-state index is -3.34. The molecular formula is C14H14N4O2S. The van der Waals surface area contributed by atoms with E-state index in [9.17, 15) is 8.42 Å². The molecule has 2 N–H and O–H groups in total. The summed E-state index contributed by atoms with van der Waals surface area (Å²) in [5.41, 5.74) is 8.03. The van der Waals surface area contributed by atoms with Crippen molar-refractivity contribution in [2.75, 3.05) is 12.0 Å². The predicted molar refractivity (Wildman–Crippen MR) is 81.5 cm³/mol. The van der Waals surface area contributed by atoms with Crippen molar-refractivity contribution in [2.24, 2.45) is 7.05 Å². The molecule has 1 aromatic carbocycles. The molecule has 0 amide bonds. The maximum atomic E-state index is 11.9. The smallest absolute Gasteiger partial charge is 0.177 e. The molecule has 0 radical (unpaired) electrons. The molecule has 7 heteroatoms. The highest BCUT2D eigenvalue weighted by molar-refractivity contribution is 7.91. The van der Waals surface area contributed by atoms with Gasteiger partial charge >= 0.3 is 0 Å². The van der Waals surface area contributed by atoms with Gasteiger partial charge in [-0.05, 0) is 24.3 Å². The summed E-state index contributed by atoms with van der Waals surface area (Å²) in [6, 6.07) is 8.60. The topological polar surface area (TPSA) is 90.9 Å². The number of rotatable bonds is 2. The van der Waals surface area contributed by atoms with E-state index in [4.69, 9.17) is 5.73 Å². The van der Waals surface area contributed by atoms with Gasteiger partial charge in [-0.3, -0.25) is 4.98 Å². The quantitative estimate of drug-likeness (QED) is 0.776. The summed E-state index contributed by atoms with van der Waals surface area (Å²) in [6.45, 7) is 0. The molecule has 0 aliphatic heterocycles. The lowest BCUT2D eigenvalue weighted by Gasteiger charge is -2.02. The van der Waals surface area contributed by atoms with Crippen molar-refractivity contribution >= 4 is 26.6 Å². The molecule has 6 nitrogen and oxygen atoms in total. The van der Waals surface area contributed by atoms with Crippen molar-refractivity contribution in [1.82, 2.24) is 14.5 Å². The largest absolute Gasteiger partial charge is 0.397 e. The molecule has 0 aliphatic carbocycles. The third-order valence-corrected chi connectivity index (χ3v) is 4.42. The Kier molecular flexibility index (Phi) is 2.94. The molecule has 2 aromatic heterocycles. The first-order chi connectivity index (χ1) is 9.88. The fourth-order valence-corrected chi connectivity index (χ4v) is 3.08. The molecule has 2 heterocycles. The van der Waals surface area contributed by atoms with Crippen LogP contribution in [0.5, 0.6) is 0 Å². The third-order valence-electron chi connectivity index (χ3n) is 3.29. The van der Waals surface area contributed by atoms with Gasteiger partial charge in [0.2, 0.25) is 0 Å². The van der Waals surface area contributed by atoms with Crippen molar-refractivity contribution < 1.29 is 8.42 Å². The molecule has 108 valence electrons. The van der Waals surface area contributed by atoms with E-state index < -0.39 is 9.84 Å². The molecule has 21 heavy (non-hydrogen) atoms. The van der Waals surface area contributed by atoms with Gasteiger partial charge in [0, 0.05) is 13.3 Å². The molecule has 0 saturated heterocycles. The second kappa shape index (κ2) is 4.56. The second-order valence-corrected chi connectivity index (χ2v) is 6.85. The van der Waals surface area contributed by atoms with Crippen LogP contribution in [-0.4, -0.2) is 29.2 Å². The Hall–Kier alpha value is -2.41. The first-order valence-electron chi connectivity index (χ1n) is 6.25. The zero-order valence-electron chi connectivity index (χ0n) is 11.6. The highest BCUT2D eigenvalue weighted by atomic mass is 32.2. The first kappa shape index (κ1) is 13.6. The van der Waals surface area contributed by atoms with Gasteiger partial charge in [0.1, 0.15) is 11.2 Å². The van der Waals surface area contributed by atoms with Crippen LogP contribution in [0.2, 0.25) is 0 Å². The standard InChI is InChI=1S/C14H14N4O2S/c1-18-11-4-3-5-12(21(2,19)20)13(11)17-14(18)10-7-6-9(15)8-16-10/h3-8H,15H2,1-2H3. The average molecular weight is 302 g/mol. The summed E-state index contributed by atoms with van der Waals surface area (Å²) in [5, 5.41) is 0. The number of nitrogens with zero attached hydrogens (tertiary/aromatic N) is 3. The second-order valence-electron chi connectivity index (χ2n) is 4.87. The van der Waals surface area contributed by atoms with Crippen LogP contribution in [0.1, 0.15) is 0 Å². The zero-order chi connectivity index (χ0) is 15.2. The van der Waals surface area contributed by atoms with Gasteiger partial charge in [0.05, 0.1) is 22.3 Å². The van der Waals surface area contributed by atoms with Crippen LogP contribution in [0.25, 0.3) is 22.6 Å². The minimum absolute atomic E-state index is 0.220. The SMILES string of the molecule is Cn1c(-c2ccc(N)cn2)nc2c(S(C)(=O)=O)cccc21. The van der Waals surface area contributed by atoms with Crippen LogP contribution in [0, 0.1) is 0 Å². The fourth-order valence-electron chi connectivity index (χ4n) is 2.25. The summed E-state index contributed by atoms with van der Waals surface area (Å²) in [7, 11) is -1.51. The van der Waals surface area contributed by atoms with Gasteiger partial charge in [-0.25, -0.2) is 13.4 Å². The van der Waals surface area contributed by atoms with E-state index in [-0.39, 0.29) is 4.90 Å². The Morgan fingerprint density at radius 3 is 2.57 bits per heavy atom. The number of sulfone groups is 1. The number of imidazole rings is 1. The number of pyridine rings is 1. The van der Waals surface area contributed by atoms with Crippen LogP contribution >= 0.6 is 0 Å². The number of aromatic nitrogens is 3. The summed E-state index contributed by atoms with van der Waals surface area (Å²) >= 11 is 0. The van der Waals surface area contributed by atoms with Gasteiger partial charge in [0.15, 0.2) is 15.7 Å². The molecule has 0 unspecified atom stereocenters. The van der Waals surface area contributed by atoms with Crippen LogP contribution in [0.4, 0.5) is 5.69 Å². The number of benzene rings is 1. The fraction of sp³-hybridized carbons (Fsp3) is 0.143. The number of hydrogen-bond donors (Lipinski definition) is 1. The van der Waals surface area contributed by atoms with Crippen molar-refractivity contribution in [2.45, 2.75) is 4.90 Å². The molecule has 3 aromatic rings. The Balaban J connectivity index is 2.32. The summed E-state index contributed by atoms with van der Waals surface area (Å²) < 4.78 is 25.6. The van der Waals surface area contributed by atoms with Crippen molar-refractivity contribution in [3.8, 4) is 11.5 Å². The van der Waals surface area contributed by atoms with Crippen LogP contribution in [-0.2, 0) is 16.9 Å². The van der Waals surface area contributed by atoms with Gasteiger partial charge < -0.3 is 10.3 Å². The summed E-state index contributed by atoms with van der Waals surface area (Å²) in [6.07, 6.45) is 2.73. The number of hydrogen-bond acceptors (Lipinski definition) is 5. The van der Waals surface area contributed by atoms with E-state index >= 15 is 0 Å². The number of nitrogens with two attached hydrogens (primary N) is 1. The monoisotopic (exact) mass is 302 g/mol. The van der Waals surface area contributed by atoms with Gasteiger partial charge in [0.25, 0.3) is 0 Å². The highest BCUT2D eigenvalue weighted by Gasteiger charge is 2.18. The summed E-state index contributed by atoms with van der Waals surface area (Å²) in [5.74, 6) is 0.598. The van der Waals surface area contributed by atoms with Crippen molar-refractivity contribution in [3.63, 3.8) is 0 Å². The van der Waals surface area contributed by atoms with Crippen molar-refractivity contribution in [3.05, 3.63) is 36.5 Å². The van der Waals surface area contributed by atoms with Crippen molar-refractivity contribution in [1.29, 1.82) is 0 Å². The van der Waals surface area contributed by atoms with Gasteiger partial charge in [-0.2, -0.15) is 0 Å². The number of aryl methyl sites for hydroxylation is 1. The lowest BCUT2D eigenvalue weighted by Crippen LogP contribution is -1.98. The zero-order valence-corrected chi connectivity index (χ0v) is 12.4. The van der Waals surface area contributed by atoms with E-state index in [1.165, 1.54) is 6.26 Å². The Labute approximate surface area is 122 Å². The lowest BCUT2D eigenvalue weighted by atomic mass is 10.3. The van der Waals surface area contributed by atoms with Gasteiger partial charge in [-0.1, -0.05) is 6.07 Å². The molecule has 3 rings (SSSR count). The van der Waals surface area contributed by atoms with E-state index in [0.717, 1.165) is 5.52 Å². The third kappa shape index (κ3) is 2.25. The van der Waals surface area contributed by atoms with Crippen LogP contribution in [0.3, 0.4) is 0 Å². The molecule has 0 saturated carbocycles. The first-order valence-corrected chi connectivity index (χ1v) is 8.14. The highest BCUT2D eigenvalue weighted by Crippen LogP contribution is 2.27. The molecule has 0 spiro atoms. The minimum Gasteiger partial charge on any atom is -0.397 e. The number of nitrogen functional groups attached to an aromatic ring is 1. The molecule has 0 bridgehead atoms. The molecule has 0 fully saturated rings. The van der Waals surface area contributed by atoms with Crippen LogP contribution in [0.15, 0.2) is 41.4 Å². The molecule has 0 atom stereocenters. The maximum Gasteiger partial charge on any atom is 0.177 e. The average Bonchev–Trinajstić information content (AvgIpc) is 2.76. The molecule has 0 aliphatic rings. The lowest BCUT2D eigenvalue weighted by molar-refractivity contribution is 0.602. The maximum absolute atomic E-state index is 11.9. The normalized spacial score (nSPS) is 11.9. The summed E-state index contributed by atoms with van der Waals surface area (Å²) in [4.78, 5) is 8.92. The molecular weight excluding hydrogens is 288 g/mol. The Morgan fingerprint density at radius 1 is 1.19 bits per heavy atom. The predicted octanol–water partition coefficient (Wildman–Crippen LogP) is 1.62. The van der Waals surface area contributed by atoms with E-state index in [2.05, 4.69) is 9.97 Å². The van der Waals surface area contributed by atoms with E-state index in [1.54, 1.807) is 30.5 Å².